The maximum Gasteiger partial charge on any atom is 0.244 e. The highest BCUT2D eigenvalue weighted by molar-refractivity contribution is 7.92. The molecule has 1 N–H and O–H groups in total. The number of sulfonamides is 1. The summed E-state index contributed by atoms with van der Waals surface area (Å²) in [6.45, 7) is 3.25. The Morgan fingerprint density at radius 1 is 0.925 bits per heavy atom. The predicted molar refractivity (Wildman–Crippen MR) is 162 cm³/mol. The first-order valence-corrected chi connectivity index (χ1v) is 15.7. The Morgan fingerprint density at radius 3 is 2.20 bits per heavy atom. The molecule has 0 aliphatic rings. The summed E-state index contributed by atoms with van der Waals surface area (Å²) in [5.74, 6) is -0.943. The fraction of sp³-hybridized carbons (Fsp3) is 0.310. The zero-order valence-corrected chi connectivity index (χ0v) is 25.6. The lowest BCUT2D eigenvalue weighted by atomic mass is 10.0. The maximum atomic E-state index is 14.1. The molecule has 0 saturated carbocycles. The van der Waals surface area contributed by atoms with Crippen LogP contribution in [-0.2, 0) is 32.6 Å². The van der Waals surface area contributed by atoms with Gasteiger partial charge in [0, 0.05) is 24.0 Å². The number of anilines is 1. The normalized spacial score (nSPS) is 12.8. The first kappa shape index (κ1) is 31.7. The molecule has 2 atom stereocenters. The van der Waals surface area contributed by atoms with Gasteiger partial charge in [0.1, 0.15) is 12.6 Å². The van der Waals surface area contributed by atoms with Gasteiger partial charge in [-0.15, -0.1) is 0 Å². The highest BCUT2D eigenvalue weighted by Gasteiger charge is 2.34. The number of carbonyl (C=O) groups is 2. The smallest absolute Gasteiger partial charge is 0.244 e. The molecular formula is C29H32Cl3N3O4S. The van der Waals surface area contributed by atoms with Gasteiger partial charge < -0.3 is 10.2 Å². The zero-order valence-electron chi connectivity index (χ0n) is 22.5. The molecule has 0 radical (unpaired) electrons. The van der Waals surface area contributed by atoms with Crippen LogP contribution in [-0.4, -0.2) is 50.0 Å². The molecule has 11 heteroatoms. The largest absolute Gasteiger partial charge is 0.352 e. The molecule has 2 unspecified atom stereocenters. The molecule has 0 heterocycles. The van der Waals surface area contributed by atoms with E-state index in [2.05, 4.69) is 5.32 Å². The van der Waals surface area contributed by atoms with Crippen molar-refractivity contribution < 1.29 is 18.0 Å². The first-order chi connectivity index (χ1) is 18.9. The van der Waals surface area contributed by atoms with E-state index in [0.29, 0.717) is 17.0 Å². The molecule has 3 aromatic carbocycles. The van der Waals surface area contributed by atoms with Crippen LogP contribution in [0.25, 0.3) is 0 Å². The van der Waals surface area contributed by atoms with Crippen LogP contribution in [0.15, 0.2) is 72.8 Å². The van der Waals surface area contributed by atoms with E-state index in [0.717, 1.165) is 16.1 Å². The van der Waals surface area contributed by atoms with Crippen LogP contribution in [0, 0.1) is 0 Å². The number of nitrogens with zero attached hydrogens (tertiary/aromatic N) is 2. The molecule has 3 aromatic rings. The van der Waals surface area contributed by atoms with Crippen molar-refractivity contribution in [2.75, 3.05) is 17.1 Å². The number of benzene rings is 3. The third kappa shape index (κ3) is 8.61. The van der Waals surface area contributed by atoms with Crippen molar-refractivity contribution in [3.05, 3.63) is 99.0 Å². The van der Waals surface area contributed by atoms with Crippen LogP contribution in [0.2, 0.25) is 15.1 Å². The van der Waals surface area contributed by atoms with Crippen LogP contribution >= 0.6 is 34.8 Å². The second-order valence-electron chi connectivity index (χ2n) is 9.52. The van der Waals surface area contributed by atoms with Gasteiger partial charge in [-0.3, -0.25) is 13.9 Å². The van der Waals surface area contributed by atoms with Gasteiger partial charge in [-0.2, -0.15) is 0 Å². The fourth-order valence-electron chi connectivity index (χ4n) is 4.11. The van der Waals surface area contributed by atoms with Crippen molar-refractivity contribution in [1.29, 1.82) is 0 Å². The van der Waals surface area contributed by atoms with Crippen molar-refractivity contribution in [3.63, 3.8) is 0 Å². The second-order valence-corrected chi connectivity index (χ2v) is 12.6. The predicted octanol–water partition coefficient (Wildman–Crippen LogP) is 5.97. The van der Waals surface area contributed by atoms with Gasteiger partial charge in [0.15, 0.2) is 0 Å². The van der Waals surface area contributed by atoms with Gasteiger partial charge in [0.05, 0.1) is 22.0 Å². The third-order valence-electron chi connectivity index (χ3n) is 6.39. The SMILES string of the molecule is CCC(C)NC(=O)C(Cc1ccccc1)N(Cc1cccc(Cl)c1)C(=O)CN(c1cccc(Cl)c1Cl)S(C)(=O)=O. The number of carbonyl (C=O) groups excluding carboxylic acids is 2. The van der Waals surface area contributed by atoms with Crippen LogP contribution < -0.4 is 9.62 Å². The Labute approximate surface area is 251 Å². The van der Waals surface area contributed by atoms with E-state index in [-0.39, 0.29) is 40.6 Å². The van der Waals surface area contributed by atoms with Gasteiger partial charge in [-0.05, 0) is 48.7 Å². The monoisotopic (exact) mass is 623 g/mol. The number of rotatable bonds is 12. The zero-order chi connectivity index (χ0) is 29.4. The lowest BCUT2D eigenvalue weighted by Crippen LogP contribution is -2.54. The molecule has 7 nitrogen and oxygen atoms in total. The maximum absolute atomic E-state index is 14.1. The molecule has 214 valence electrons. The van der Waals surface area contributed by atoms with E-state index in [1.807, 2.05) is 44.2 Å². The molecule has 0 saturated heterocycles. The van der Waals surface area contributed by atoms with E-state index in [4.69, 9.17) is 34.8 Å². The van der Waals surface area contributed by atoms with Crippen LogP contribution in [0.5, 0.6) is 0 Å². The molecule has 0 aliphatic heterocycles. The van der Waals surface area contributed by atoms with Gasteiger partial charge >= 0.3 is 0 Å². The van der Waals surface area contributed by atoms with E-state index >= 15 is 0 Å². The number of nitrogens with one attached hydrogen (secondary N) is 1. The number of hydrogen-bond donors (Lipinski definition) is 1. The van der Waals surface area contributed by atoms with Crippen molar-refractivity contribution in [1.82, 2.24) is 10.2 Å². The minimum absolute atomic E-state index is 0.000804. The number of halogens is 3. The summed E-state index contributed by atoms with van der Waals surface area (Å²) in [4.78, 5) is 29.1. The van der Waals surface area contributed by atoms with Crippen molar-refractivity contribution in [2.24, 2.45) is 0 Å². The van der Waals surface area contributed by atoms with Crippen molar-refractivity contribution in [2.45, 2.75) is 45.3 Å². The van der Waals surface area contributed by atoms with E-state index in [1.54, 1.807) is 30.3 Å². The molecule has 40 heavy (non-hydrogen) atoms. The standard InChI is InChI=1S/C29H32Cl3N3O4S/c1-4-20(2)33-29(37)26(17-21-10-6-5-7-11-21)34(18-22-12-8-13-23(30)16-22)27(36)19-35(40(3,38)39)25-15-9-14-24(31)28(25)32/h5-16,20,26H,4,17-19H2,1-3H3,(H,33,37). The van der Waals surface area contributed by atoms with Crippen LogP contribution in [0.3, 0.4) is 0 Å². The summed E-state index contributed by atoms with van der Waals surface area (Å²) in [5, 5.41) is 3.60. The lowest BCUT2D eigenvalue weighted by Gasteiger charge is -2.34. The molecule has 0 spiro atoms. The van der Waals surface area contributed by atoms with Crippen molar-refractivity contribution >= 4 is 62.3 Å². The van der Waals surface area contributed by atoms with Crippen LogP contribution in [0.4, 0.5) is 5.69 Å². The van der Waals surface area contributed by atoms with Gasteiger partial charge in [0.2, 0.25) is 21.8 Å². The Hall–Kier alpha value is -2.78. The highest BCUT2D eigenvalue weighted by atomic mass is 35.5. The average molecular weight is 625 g/mol. The Balaban J connectivity index is 2.09. The van der Waals surface area contributed by atoms with Crippen molar-refractivity contribution in [3.8, 4) is 0 Å². The first-order valence-electron chi connectivity index (χ1n) is 12.7. The van der Waals surface area contributed by atoms with Gasteiger partial charge in [-0.25, -0.2) is 8.42 Å². The third-order valence-corrected chi connectivity index (χ3v) is 8.56. The second kappa shape index (κ2) is 14.2. The molecule has 0 aliphatic carbocycles. The molecular weight excluding hydrogens is 593 g/mol. The quantitative estimate of drug-likeness (QED) is 0.269. The van der Waals surface area contributed by atoms with E-state index in [9.17, 15) is 18.0 Å². The van der Waals surface area contributed by atoms with Crippen LogP contribution in [0.1, 0.15) is 31.4 Å². The minimum Gasteiger partial charge on any atom is -0.352 e. The molecule has 0 aromatic heterocycles. The van der Waals surface area contributed by atoms with Gasteiger partial charge in [0.25, 0.3) is 0 Å². The summed E-state index contributed by atoms with van der Waals surface area (Å²) in [5.41, 5.74) is 1.59. The molecule has 0 bridgehead atoms. The molecule has 2 amide bonds. The van der Waals surface area contributed by atoms with Gasteiger partial charge in [-0.1, -0.05) is 90.3 Å². The molecule has 0 fully saturated rings. The number of amides is 2. The summed E-state index contributed by atoms with van der Waals surface area (Å²) in [6, 6.07) is 19.8. The highest BCUT2D eigenvalue weighted by Crippen LogP contribution is 2.34. The average Bonchev–Trinajstić information content (AvgIpc) is 2.90. The summed E-state index contributed by atoms with van der Waals surface area (Å²) < 4.78 is 26.7. The Kier molecular flexibility index (Phi) is 11.3. The summed E-state index contributed by atoms with van der Waals surface area (Å²) in [7, 11) is -3.97. The fourth-order valence-corrected chi connectivity index (χ4v) is 5.62. The minimum atomic E-state index is -3.97. The summed E-state index contributed by atoms with van der Waals surface area (Å²) in [6.07, 6.45) is 1.89. The summed E-state index contributed by atoms with van der Waals surface area (Å²) >= 11 is 18.7. The Bertz CT molecular complexity index is 1440. The topological polar surface area (TPSA) is 86.8 Å². The molecule has 3 rings (SSSR count). The lowest BCUT2D eigenvalue weighted by molar-refractivity contribution is -0.140. The number of hydrogen-bond acceptors (Lipinski definition) is 4. The van der Waals surface area contributed by atoms with E-state index < -0.39 is 28.5 Å². The van der Waals surface area contributed by atoms with E-state index in [1.165, 1.54) is 17.0 Å². The Morgan fingerprint density at radius 2 is 1.57 bits per heavy atom.